The number of nitrogens with zero attached hydrogens (tertiary/aromatic N) is 3. The second-order valence-corrected chi connectivity index (χ2v) is 8.84. The van der Waals surface area contributed by atoms with E-state index in [1.807, 2.05) is 48.5 Å². The number of piperidine rings is 1. The summed E-state index contributed by atoms with van der Waals surface area (Å²) in [7, 11) is 0. The molecule has 2 aromatic heterocycles. The highest BCUT2D eigenvalue weighted by Crippen LogP contribution is 2.32. The summed E-state index contributed by atoms with van der Waals surface area (Å²) in [6.07, 6.45) is 4.15. The lowest BCUT2D eigenvalue weighted by molar-refractivity contribution is -0.0244. The third kappa shape index (κ3) is 4.10. The lowest BCUT2D eigenvalue weighted by Crippen LogP contribution is -2.47. The molecule has 1 aromatic carbocycles. The molecule has 3 heterocycles. The zero-order valence-electron chi connectivity index (χ0n) is 18.8. The summed E-state index contributed by atoms with van der Waals surface area (Å²) < 4.78 is 1.54. The van der Waals surface area contributed by atoms with Crippen LogP contribution in [0.3, 0.4) is 0 Å². The predicted octanol–water partition coefficient (Wildman–Crippen LogP) is 3.79. The number of benzene rings is 1. The van der Waals surface area contributed by atoms with E-state index in [2.05, 4.69) is 18.8 Å². The van der Waals surface area contributed by atoms with Crippen molar-refractivity contribution in [1.82, 2.24) is 14.5 Å². The molecular weight excluding hydrogens is 402 g/mol. The van der Waals surface area contributed by atoms with Gasteiger partial charge in [-0.3, -0.25) is 19.1 Å². The van der Waals surface area contributed by atoms with Gasteiger partial charge in [0.2, 0.25) is 0 Å². The Kier molecular flexibility index (Phi) is 5.98. The van der Waals surface area contributed by atoms with Crippen molar-refractivity contribution in [2.45, 2.75) is 45.1 Å². The van der Waals surface area contributed by atoms with Crippen LogP contribution in [0.15, 0.2) is 65.7 Å². The topological polar surface area (TPSA) is 75.4 Å². The summed E-state index contributed by atoms with van der Waals surface area (Å²) >= 11 is 0. The second-order valence-electron chi connectivity index (χ2n) is 8.84. The maximum absolute atomic E-state index is 13.4. The Labute approximate surface area is 188 Å². The molecule has 6 heteroatoms. The molecule has 0 spiro atoms. The second kappa shape index (κ2) is 8.71. The SMILES string of the molecule is Cc1ccn(-c2cccc(C(C)C)c2)c(=O)c1C(=O)N1CCC(O)(c2ccccn2)CC1. The minimum Gasteiger partial charge on any atom is -0.383 e. The first kappa shape index (κ1) is 22.0. The van der Waals surface area contributed by atoms with Gasteiger partial charge in [0.1, 0.15) is 11.2 Å². The molecule has 166 valence electrons. The number of carbonyl (C=O) groups is 1. The number of amides is 1. The molecule has 1 fully saturated rings. The van der Waals surface area contributed by atoms with E-state index in [-0.39, 0.29) is 17.0 Å². The first-order chi connectivity index (χ1) is 15.3. The van der Waals surface area contributed by atoms with Gasteiger partial charge in [-0.25, -0.2) is 0 Å². The van der Waals surface area contributed by atoms with Crippen molar-refractivity contribution < 1.29 is 9.90 Å². The number of aromatic nitrogens is 2. The Balaban J connectivity index is 1.61. The van der Waals surface area contributed by atoms with Crippen molar-refractivity contribution in [2.24, 2.45) is 0 Å². The molecule has 0 bridgehead atoms. The molecule has 1 amide bonds. The fourth-order valence-corrected chi connectivity index (χ4v) is 4.26. The minimum atomic E-state index is -1.05. The highest BCUT2D eigenvalue weighted by Gasteiger charge is 2.37. The van der Waals surface area contributed by atoms with E-state index in [9.17, 15) is 14.7 Å². The van der Waals surface area contributed by atoms with Crippen LogP contribution in [0.5, 0.6) is 0 Å². The van der Waals surface area contributed by atoms with E-state index < -0.39 is 5.60 Å². The van der Waals surface area contributed by atoms with E-state index in [0.717, 1.165) is 11.3 Å². The molecule has 1 saturated heterocycles. The van der Waals surface area contributed by atoms with Crippen molar-refractivity contribution in [3.63, 3.8) is 0 Å². The molecule has 0 saturated carbocycles. The van der Waals surface area contributed by atoms with Gasteiger partial charge in [0.05, 0.1) is 5.69 Å². The number of hydrogen-bond donors (Lipinski definition) is 1. The zero-order valence-corrected chi connectivity index (χ0v) is 18.8. The van der Waals surface area contributed by atoms with Crippen LogP contribution in [0.25, 0.3) is 5.69 Å². The van der Waals surface area contributed by atoms with Crippen LogP contribution in [0.2, 0.25) is 0 Å². The van der Waals surface area contributed by atoms with Gasteiger partial charge in [0, 0.05) is 31.2 Å². The van der Waals surface area contributed by atoms with Crippen LogP contribution in [-0.2, 0) is 5.60 Å². The Morgan fingerprint density at radius 2 is 1.84 bits per heavy atom. The van der Waals surface area contributed by atoms with Gasteiger partial charge in [-0.1, -0.05) is 32.0 Å². The van der Waals surface area contributed by atoms with Crippen molar-refractivity contribution in [3.8, 4) is 5.69 Å². The van der Waals surface area contributed by atoms with Gasteiger partial charge in [-0.05, 0) is 67.1 Å². The van der Waals surface area contributed by atoms with Gasteiger partial charge in [0.25, 0.3) is 11.5 Å². The van der Waals surface area contributed by atoms with Crippen LogP contribution in [0.1, 0.15) is 59.8 Å². The lowest BCUT2D eigenvalue weighted by atomic mass is 9.87. The number of pyridine rings is 2. The molecule has 6 nitrogen and oxygen atoms in total. The molecular formula is C26H29N3O3. The molecule has 0 unspecified atom stereocenters. The molecule has 32 heavy (non-hydrogen) atoms. The highest BCUT2D eigenvalue weighted by atomic mass is 16.3. The fourth-order valence-electron chi connectivity index (χ4n) is 4.26. The number of hydrogen-bond acceptors (Lipinski definition) is 4. The maximum atomic E-state index is 13.4. The molecule has 1 aliphatic rings. The van der Waals surface area contributed by atoms with Crippen LogP contribution in [0, 0.1) is 6.92 Å². The van der Waals surface area contributed by atoms with Crippen molar-refractivity contribution in [1.29, 1.82) is 0 Å². The van der Waals surface area contributed by atoms with Crippen LogP contribution in [-0.4, -0.2) is 38.6 Å². The average molecular weight is 432 g/mol. The van der Waals surface area contributed by atoms with Crippen LogP contribution in [0.4, 0.5) is 0 Å². The third-order valence-corrected chi connectivity index (χ3v) is 6.35. The number of aliphatic hydroxyl groups is 1. The van der Waals surface area contributed by atoms with Gasteiger partial charge in [0.15, 0.2) is 0 Å². The van der Waals surface area contributed by atoms with Crippen LogP contribution < -0.4 is 5.56 Å². The normalized spacial score (nSPS) is 15.7. The molecule has 4 rings (SSSR count). The summed E-state index contributed by atoms with van der Waals surface area (Å²) in [5.74, 6) is 0.0494. The van der Waals surface area contributed by atoms with Gasteiger partial charge >= 0.3 is 0 Å². The monoisotopic (exact) mass is 431 g/mol. The Bertz CT molecular complexity index is 1180. The van der Waals surface area contributed by atoms with Gasteiger partial charge in [-0.2, -0.15) is 0 Å². The predicted molar refractivity (Wildman–Crippen MR) is 124 cm³/mol. The third-order valence-electron chi connectivity index (χ3n) is 6.35. The smallest absolute Gasteiger partial charge is 0.268 e. The van der Waals surface area contributed by atoms with Crippen LogP contribution >= 0.6 is 0 Å². The van der Waals surface area contributed by atoms with E-state index in [1.54, 1.807) is 28.8 Å². The Morgan fingerprint density at radius 1 is 1.09 bits per heavy atom. The van der Waals surface area contributed by atoms with E-state index >= 15 is 0 Å². The van der Waals surface area contributed by atoms with Crippen molar-refractivity contribution in [2.75, 3.05) is 13.1 Å². The summed E-state index contributed by atoms with van der Waals surface area (Å²) in [4.78, 5) is 32.7. The molecule has 1 aliphatic heterocycles. The largest absolute Gasteiger partial charge is 0.383 e. The zero-order chi connectivity index (χ0) is 22.9. The number of aryl methyl sites for hydroxylation is 1. The first-order valence-electron chi connectivity index (χ1n) is 11.1. The summed E-state index contributed by atoms with van der Waals surface area (Å²) in [6.45, 7) is 6.73. The average Bonchev–Trinajstić information content (AvgIpc) is 2.80. The summed E-state index contributed by atoms with van der Waals surface area (Å²) in [6, 6.07) is 15.1. The maximum Gasteiger partial charge on any atom is 0.268 e. The Hall–Kier alpha value is -3.25. The van der Waals surface area contributed by atoms with Gasteiger partial charge < -0.3 is 10.0 Å². The number of carbonyl (C=O) groups excluding carboxylic acids is 1. The molecule has 1 N–H and O–H groups in total. The standard InChI is InChI=1S/C26H29N3O3/c1-18(2)20-7-6-8-21(17-20)29-14-10-19(3)23(25(29)31)24(30)28-15-11-26(32,12-16-28)22-9-4-5-13-27-22/h4-10,13-14,17-18,32H,11-12,15-16H2,1-3H3. The summed E-state index contributed by atoms with van der Waals surface area (Å²) in [5, 5.41) is 11.0. The quantitative estimate of drug-likeness (QED) is 0.682. The van der Waals surface area contributed by atoms with Crippen molar-refractivity contribution >= 4 is 5.91 Å². The fraction of sp³-hybridized carbons (Fsp3) is 0.346. The first-order valence-corrected chi connectivity index (χ1v) is 11.1. The Morgan fingerprint density at radius 3 is 2.50 bits per heavy atom. The van der Waals surface area contributed by atoms with E-state index in [4.69, 9.17) is 0 Å². The molecule has 3 aromatic rings. The lowest BCUT2D eigenvalue weighted by Gasteiger charge is -2.37. The highest BCUT2D eigenvalue weighted by molar-refractivity contribution is 5.95. The van der Waals surface area contributed by atoms with Crippen molar-refractivity contribution in [3.05, 3.63) is 93.7 Å². The molecule has 0 atom stereocenters. The minimum absolute atomic E-state index is 0.186. The molecule has 0 aliphatic carbocycles. The van der Waals surface area contributed by atoms with E-state index in [0.29, 0.717) is 43.1 Å². The van der Waals surface area contributed by atoms with E-state index in [1.165, 1.54) is 0 Å². The number of likely N-dealkylation sites (tertiary alicyclic amines) is 1. The molecule has 0 radical (unpaired) electrons. The number of rotatable bonds is 4. The van der Waals surface area contributed by atoms with Gasteiger partial charge in [-0.15, -0.1) is 0 Å². The summed E-state index contributed by atoms with van der Waals surface area (Å²) in [5.41, 5.74) is 1.97.